The summed E-state index contributed by atoms with van der Waals surface area (Å²) in [5.41, 5.74) is 9.28. The number of nitrogens with zero attached hydrogens (tertiary/aromatic N) is 2. The molecule has 0 aliphatic rings. The molecule has 4 rings (SSSR count). The Balaban J connectivity index is 1.40. The van der Waals surface area contributed by atoms with Crippen molar-refractivity contribution >= 4 is 69.2 Å². The Kier molecular flexibility index (Phi) is 7.67. The number of amides is 2. The molecule has 0 aliphatic carbocycles. The maximum Gasteiger partial charge on any atom is 0.281 e. The second-order valence-corrected chi connectivity index (χ2v) is 9.83. The summed E-state index contributed by atoms with van der Waals surface area (Å²) < 4.78 is 0. The Hall–Kier alpha value is -3.44. The summed E-state index contributed by atoms with van der Waals surface area (Å²) in [6.45, 7) is 1.66. The maximum absolute atomic E-state index is 12.5. The molecule has 0 radical (unpaired) electrons. The number of benzene rings is 1. The molecule has 8 nitrogen and oxygen atoms in total. The number of hydrazone groups is 1. The Morgan fingerprint density at radius 3 is 2.51 bits per heavy atom. The van der Waals surface area contributed by atoms with Gasteiger partial charge in [0.1, 0.15) is 11.6 Å². The van der Waals surface area contributed by atoms with Crippen LogP contribution in [-0.2, 0) is 0 Å². The standard InChI is InChI=1S/C23H17Cl2N5O3S2/c1-12(14-11-34-21(20(14)31)13-5-6-15(24)16(25)10-13)27-29-22(32)17-7-8-18(35-17)23(33)30-28-19-4-2-3-9-26-19/h2-11,31H,1H3,(H,26,28)(H,29,32)(H,30,33). The van der Waals surface area contributed by atoms with Gasteiger partial charge in [-0.3, -0.25) is 20.4 Å². The van der Waals surface area contributed by atoms with Crippen molar-refractivity contribution in [2.45, 2.75) is 6.92 Å². The van der Waals surface area contributed by atoms with Crippen LogP contribution in [-0.4, -0.2) is 27.6 Å². The van der Waals surface area contributed by atoms with Gasteiger partial charge in [-0.25, -0.2) is 10.4 Å². The zero-order valence-electron chi connectivity index (χ0n) is 18.0. The van der Waals surface area contributed by atoms with Gasteiger partial charge in [-0.1, -0.05) is 35.3 Å². The number of aromatic hydroxyl groups is 1. The summed E-state index contributed by atoms with van der Waals surface area (Å²) >= 11 is 14.4. The maximum atomic E-state index is 12.5. The average Bonchev–Trinajstić information content (AvgIpc) is 3.51. The monoisotopic (exact) mass is 545 g/mol. The van der Waals surface area contributed by atoms with E-state index in [2.05, 4.69) is 26.4 Å². The zero-order valence-corrected chi connectivity index (χ0v) is 21.1. The van der Waals surface area contributed by atoms with E-state index < -0.39 is 11.8 Å². The second-order valence-electron chi connectivity index (χ2n) is 7.05. The highest BCUT2D eigenvalue weighted by molar-refractivity contribution is 7.16. The molecule has 178 valence electrons. The lowest BCUT2D eigenvalue weighted by Gasteiger charge is -2.05. The van der Waals surface area contributed by atoms with Gasteiger partial charge in [0.25, 0.3) is 11.8 Å². The van der Waals surface area contributed by atoms with E-state index in [1.54, 1.807) is 61.0 Å². The highest BCUT2D eigenvalue weighted by Crippen LogP contribution is 2.40. The van der Waals surface area contributed by atoms with Crippen LogP contribution in [0.3, 0.4) is 0 Å². The minimum absolute atomic E-state index is 0.0272. The Labute approximate surface area is 218 Å². The number of carbonyl (C=O) groups is 2. The number of hydrazine groups is 1. The van der Waals surface area contributed by atoms with Crippen LogP contribution in [0.4, 0.5) is 5.82 Å². The molecule has 4 N–H and O–H groups in total. The highest BCUT2D eigenvalue weighted by atomic mass is 35.5. The second kappa shape index (κ2) is 10.9. The third-order valence-electron chi connectivity index (χ3n) is 4.68. The topological polar surface area (TPSA) is 116 Å². The molecule has 0 bridgehead atoms. The van der Waals surface area contributed by atoms with Gasteiger partial charge >= 0.3 is 0 Å². The molecule has 0 saturated heterocycles. The van der Waals surface area contributed by atoms with Crippen molar-refractivity contribution in [2.75, 3.05) is 5.43 Å². The number of anilines is 1. The highest BCUT2D eigenvalue weighted by Gasteiger charge is 2.17. The predicted octanol–water partition coefficient (Wildman–Crippen LogP) is 5.79. The van der Waals surface area contributed by atoms with E-state index in [0.717, 1.165) is 11.3 Å². The van der Waals surface area contributed by atoms with Gasteiger partial charge in [0.15, 0.2) is 0 Å². The first kappa shape index (κ1) is 24.7. The van der Waals surface area contributed by atoms with Crippen LogP contribution >= 0.6 is 45.9 Å². The molecule has 2 amide bonds. The molecule has 0 aliphatic heterocycles. The van der Waals surface area contributed by atoms with Crippen molar-refractivity contribution in [2.24, 2.45) is 5.10 Å². The van der Waals surface area contributed by atoms with Gasteiger partial charge in [-0.2, -0.15) is 5.10 Å². The summed E-state index contributed by atoms with van der Waals surface area (Å²) in [7, 11) is 0. The third-order valence-corrected chi connectivity index (χ3v) is 7.52. The SMILES string of the molecule is CC(=NNC(=O)c1ccc(C(=O)NNc2ccccn2)s1)c1csc(-c2ccc(Cl)c(Cl)c2)c1O. The van der Waals surface area contributed by atoms with E-state index >= 15 is 0 Å². The molecule has 35 heavy (non-hydrogen) atoms. The predicted molar refractivity (Wildman–Crippen MR) is 141 cm³/mol. The molecule has 0 atom stereocenters. The number of hydrogen-bond donors (Lipinski definition) is 4. The smallest absolute Gasteiger partial charge is 0.281 e. The molecule has 0 saturated carbocycles. The quantitative estimate of drug-likeness (QED) is 0.173. The normalized spacial score (nSPS) is 11.2. The van der Waals surface area contributed by atoms with Gasteiger partial charge in [-0.05, 0) is 48.9 Å². The molecule has 0 spiro atoms. The molecular weight excluding hydrogens is 529 g/mol. The Morgan fingerprint density at radius 2 is 1.80 bits per heavy atom. The number of rotatable bonds is 7. The fourth-order valence-corrected chi connectivity index (χ4v) is 4.99. The summed E-state index contributed by atoms with van der Waals surface area (Å²) in [6, 6.07) is 13.4. The molecule has 0 unspecified atom stereocenters. The molecule has 1 aromatic carbocycles. The Morgan fingerprint density at radius 1 is 1.03 bits per heavy atom. The molecule has 3 aromatic heterocycles. The van der Waals surface area contributed by atoms with Gasteiger partial charge in [0, 0.05) is 11.6 Å². The number of hydrogen-bond acceptors (Lipinski definition) is 8. The van der Waals surface area contributed by atoms with Crippen LogP contribution in [0.5, 0.6) is 5.75 Å². The van der Waals surface area contributed by atoms with E-state index in [1.807, 2.05) is 0 Å². The molecule has 4 aromatic rings. The van der Waals surface area contributed by atoms with E-state index in [0.29, 0.717) is 47.3 Å². The number of aromatic nitrogens is 1. The number of pyridine rings is 1. The first-order chi connectivity index (χ1) is 16.8. The van der Waals surface area contributed by atoms with Crippen molar-refractivity contribution in [1.82, 2.24) is 15.8 Å². The molecule has 12 heteroatoms. The minimum atomic E-state index is -0.481. The van der Waals surface area contributed by atoms with Crippen molar-refractivity contribution in [1.29, 1.82) is 0 Å². The number of carbonyl (C=O) groups excluding carboxylic acids is 2. The van der Waals surface area contributed by atoms with E-state index in [4.69, 9.17) is 23.2 Å². The van der Waals surface area contributed by atoms with Crippen molar-refractivity contribution in [3.05, 3.63) is 85.5 Å². The van der Waals surface area contributed by atoms with Gasteiger partial charge in [0.05, 0.1) is 36.0 Å². The number of nitrogens with one attached hydrogen (secondary N) is 3. The van der Waals surface area contributed by atoms with E-state index in [9.17, 15) is 14.7 Å². The molecule has 3 heterocycles. The zero-order chi connectivity index (χ0) is 24.9. The lowest BCUT2D eigenvalue weighted by atomic mass is 10.1. The van der Waals surface area contributed by atoms with Crippen molar-refractivity contribution in [3.63, 3.8) is 0 Å². The van der Waals surface area contributed by atoms with Crippen molar-refractivity contribution < 1.29 is 14.7 Å². The van der Waals surface area contributed by atoms with Crippen LogP contribution in [0.15, 0.2) is 65.2 Å². The first-order valence-corrected chi connectivity index (χ1v) is 12.5. The summed E-state index contributed by atoms with van der Waals surface area (Å²) in [5, 5.41) is 17.3. The average molecular weight is 546 g/mol. The fraction of sp³-hybridized carbons (Fsp3) is 0.0435. The van der Waals surface area contributed by atoms with Gasteiger partial charge in [0.2, 0.25) is 0 Å². The van der Waals surface area contributed by atoms with Crippen molar-refractivity contribution in [3.8, 4) is 16.2 Å². The minimum Gasteiger partial charge on any atom is -0.506 e. The fourth-order valence-electron chi connectivity index (χ4n) is 2.90. The van der Waals surface area contributed by atoms with E-state index in [-0.39, 0.29) is 5.75 Å². The lowest BCUT2D eigenvalue weighted by Crippen LogP contribution is -2.29. The van der Waals surface area contributed by atoms with Crippen LogP contribution in [0.25, 0.3) is 10.4 Å². The lowest BCUT2D eigenvalue weighted by molar-refractivity contribution is 0.0955. The van der Waals surface area contributed by atoms with Gasteiger partial charge < -0.3 is 5.11 Å². The summed E-state index contributed by atoms with van der Waals surface area (Å²) in [6.07, 6.45) is 1.59. The van der Waals surface area contributed by atoms with Crippen LogP contribution < -0.4 is 16.3 Å². The van der Waals surface area contributed by atoms with E-state index in [1.165, 1.54) is 17.4 Å². The largest absolute Gasteiger partial charge is 0.506 e. The molecule has 0 fully saturated rings. The summed E-state index contributed by atoms with van der Waals surface area (Å²) in [5.74, 6) is -0.374. The first-order valence-electron chi connectivity index (χ1n) is 10.0. The van der Waals surface area contributed by atoms with Crippen LogP contribution in [0.1, 0.15) is 31.8 Å². The van der Waals surface area contributed by atoms with Crippen LogP contribution in [0, 0.1) is 0 Å². The number of thiophene rings is 2. The Bertz CT molecular complexity index is 1420. The third kappa shape index (κ3) is 5.80. The summed E-state index contributed by atoms with van der Waals surface area (Å²) in [4.78, 5) is 30.1. The van der Waals surface area contributed by atoms with Crippen LogP contribution in [0.2, 0.25) is 10.0 Å². The molecular formula is C23H17Cl2N5O3S2. The number of halogens is 2. The van der Waals surface area contributed by atoms with Gasteiger partial charge in [-0.15, -0.1) is 22.7 Å².